The number of nitrogens with zero attached hydrogens (tertiary/aromatic N) is 3. The van der Waals surface area contributed by atoms with E-state index in [1.165, 1.54) is 10.5 Å². The number of pyridine rings is 2. The number of aryl methyl sites for hydroxylation is 1. The van der Waals surface area contributed by atoms with Gasteiger partial charge in [0.05, 0.1) is 10.9 Å². The summed E-state index contributed by atoms with van der Waals surface area (Å²) < 4.78 is 3.08. The Hall–Kier alpha value is -3.74. The molecule has 7 heteroatoms. The Bertz CT molecular complexity index is 1430. The van der Waals surface area contributed by atoms with Crippen LogP contribution < -0.4 is 16.4 Å². The topological polar surface area (TPSA) is 92.2 Å². The van der Waals surface area contributed by atoms with E-state index in [1.807, 2.05) is 43.3 Å². The lowest BCUT2D eigenvalue weighted by atomic mass is 10.1. The van der Waals surface area contributed by atoms with Crippen molar-refractivity contribution in [1.29, 1.82) is 5.41 Å². The zero-order chi connectivity index (χ0) is 21.5. The fraction of sp³-hybridized carbons (Fsp3) is 0.250. The maximum absolute atomic E-state index is 13.4. The lowest BCUT2D eigenvalue weighted by molar-refractivity contribution is 0.0935. The van der Waals surface area contributed by atoms with Crippen molar-refractivity contribution in [2.75, 3.05) is 0 Å². The van der Waals surface area contributed by atoms with Crippen LogP contribution in [0.2, 0.25) is 0 Å². The average molecular weight is 413 g/mol. The third-order valence-corrected chi connectivity index (χ3v) is 5.91. The second-order valence-corrected chi connectivity index (χ2v) is 8.12. The molecule has 0 unspecified atom stereocenters. The highest BCUT2D eigenvalue weighted by Gasteiger charge is 2.22. The summed E-state index contributed by atoms with van der Waals surface area (Å²) in [5.74, 6) is -0.322. The highest BCUT2D eigenvalue weighted by atomic mass is 16.2. The second-order valence-electron chi connectivity index (χ2n) is 8.12. The molecule has 0 saturated heterocycles. The Kier molecular flexibility index (Phi) is 4.66. The van der Waals surface area contributed by atoms with Crippen molar-refractivity contribution in [2.24, 2.45) is 0 Å². The van der Waals surface area contributed by atoms with Crippen LogP contribution in [-0.4, -0.2) is 25.9 Å². The van der Waals surface area contributed by atoms with Crippen LogP contribution in [0.3, 0.4) is 0 Å². The van der Waals surface area contributed by atoms with Gasteiger partial charge in [-0.05, 0) is 49.6 Å². The Labute approximate surface area is 178 Å². The van der Waals surface area contributed by atoms with E-state index in [0.717, 1.165) is 31.2 Å². The van der Waals surface area contributed by atoms with Gasteiger partial charge < -0.3 is 5.32 Å². The molecule has 1 saturated carbocycles. The number of hydrogen-bond donors (Lipinski definition) is 2. The summed E-state index contributed by atoms with van der Waals surface area (Å²) in [7, 11) is 0. The van der Waals surface area contributed by atoms with Gasteiger partial charge in [-0.15, -0.1) is 0 Å². The fourth-order valence-corrected chi connectivity index (χ4v) is 4.32. The molecule has 31 heavy (non-hydrogen) atoms. The number of nitrogens with one attached hydrogen (secondary N) is 2. The Balaban J connectivity index is 1.82. The van der Waals surface area contributed by atoms with Crippen molar-refractivity contribution in [3.8, 4) is 5.69 Å². The van der Waals surface area contributed by atoms with Gasteiger partial charge in [0.15, 0.2) is 5.65 Å². The van der Waals surface area contributed by atoms with Crippen molar-refractivity contribution >= 4 is 22.6 Å². The van der Waals surface area contributed by atoms with Gasteiger partial charge in [-0.25, -0.2) is 4.98 Å². The number of benzene rings is 1. The molecule has 0 spiro atoms. The number of para-hydroxylation sites is 1. The minimum Gasteiger partial charge on any atom is -0.349 e. The summed E-state index contributed by atoms with van der Waals surface area (Å²) in [5.41, 5.74) is 2.40. The number of aromatic nitrogens is 3. The molecule has 1 aromatic carbocycles. The van der Waals surface area contributed by atoms with Gasteiger partial charge in [0.2, 0.25) is 0 Å². The first-order chi connectivity index (χ1) is 15.0. The van der Waals surface area contributed by atoms with E-state index >= 15 is 0 Å². The molecular weight excluding hydrogens is 390 g/mol. The van der Waals surface area contributed by atoms with Crippen molar-refractivity contribution in [2.45, 2.75) is 38.6 Å². The molecule has 1 aliphatic rings. The van der Waals surface area contributed by atoms with Crippen LogP contribution in [0.4, 0.5) is 0 Å². The summed E-state index contributed by atoms with van der Waals surface area (Å²) in [6.45, 7) is 1.91. The number of carbonyl (C=O) groups excluding carboxylic acids is 1. The molecule has 5 rings (SSSR count). The van der Waals surface area contributed by atoms with Crippen LogP contribution in [0.25, 0.3) is 22.4 Å². The van der Waals surface area contributed by atoms with Gasteiger partial charge in [0.25, 0.3) is 11.5 Å². The van der Waals surface area contributed by atoms with E-state index in [1.54, 1.807) is 16.8 Å². The predicted octanol–water partition coefficient (Wildman–Crippen LogP) is 3.10. The van der Waals surface area contributed by atoms with Gasteiger partial charge in [-0.2, -0.15) is 0 Å². The van der Waals surface area contributed by atoms with E-state index in [-0.39, 0.29) is 28.6 Å². The Morgan fingerprint density at radius 1 is 1.13 bits per heavy atom. The van der Waals surface area contributed by atoms with E-state index < -0.39 is 0 Å². The maximum Gasteiger partial charge on any atom is 0.267 e. The van der Waals surface area contributed by atoms with Crippen LogP contribution in [0.15, 0.2) is 59.5 Å². The Morgan fingerprint density at radius 3 is 2.61 bits per heavy atom. The molecular formula is C24H23N5O2. The van der Waals surface area contributed by atoms with Crippen molar-refractivity contribution < 1.29 is 4.79 Å². The van der Waals surface area contributed by atoms with Gasteiger partial charge in [0.1, 0.15) is 11.1 Å². The molecule has 1 fully saturated rings. The third-order valence-electron chi connectivity index (χ3n) is 5.91. The lowest BCUT2D eigenvalue weighted by Crippen LogP contribution is -2.38. The molecule has 7 nitrogen and oxygen atoms in total. The number of carbonyl (C=O) groups is 1. The van der Waals surface area contributed by atoms with E-state index in [4.69, 9.17) is 10.4 Å². The molecule has 3 aromatic heterocycles. The standard InChI is InChI=1S/C24H23N5O2/c1-15-11-12-20-27-22-19(24(31)28(20)14-15)13-18(23(30)26-16-7-5-6-8-16)21(25)29(22)17-9-3-2-4-10-17/h2-4,9-14,16,25H,5-8H2,1H3,(H,26,30). The molecule has 1 aliphatic carbocycles. The Morgan fingerprint density at radius 2 is 1.87 bits per heavy atom. The van der Waals surface area contributed by atoms with Crippen molar-refractivity contribution in [3.63, 3.8) is 0 Å². The monoisotopic (exact) mass is 413 g/mol. The van der Waals surface area contributed by atoms with Crippen LogP contribution in [0.1, 0.15) is 41.6 Å². The first-order valence-corrected chi connectivity index (χ1v) is 10.5. The molecule has 0 aliphatic heterocycles. The van der Waals surface area contributed by atoms with Gasteiger partial charge in [-0.3, -0.25) is 24.0 Å². The third kappa shape index (κ3) is 3.32. The zero-order valence-corrected chi connectivity index (χ0v) is 17.3. The summed E-state index contributed by atoms with van der Waals surface area (Å²) >= 11 is 0. The highest BCUT2D eigenvalue weighted by molar-refractivity contribution is 5.97. The first kappa shape index (κ1) is 19.2. The summed E-state index contributed by atoms with van der Waals surface area (Å²) in [6, 6.07) is 14.6. The van der Waals surface area contributed by atoms with Gasteiger partial charge in [0, 0.05) is 17.9 Å². The smallest absolute Gasteiger partial charge is 0.267 e. The summed E-state index contributed by atoms with van der Waals surface area (Å²) in [5, 5.41) is 12.2. The van der Waals surface area contributed by atoms with Gasteiger partial charge >= 0.3 is 0 Å². The van der Waals surface area contributed by atoms with Crippen LogP contribution >= 0.6 is 0 Å². The van der Waals surface area contributed by atoms with Crippen LogP contribution in [0.5, 0.6) is 0 Å². The lowest BCUT2D eigenvalue weighted by Gasteiger charge is -2.16. The minimum atomic E-state index is -0.322. The molecule has 1 amide bonds. The van der Waals surface area contributed by atoms with Crippen molar-refractivity contribution in [1.82, 2.24) is 19.3 Å². The van der Waals surface area contributed by atoms with Crippen molar-refractivity contribution in [3.05, 3.63) is 81.7 Å². The van der Waals surface area contributed by atoms with E-state index in [9.17, 15) is 9.59 Å². The number of fused-ring (bicyclic) bond motifs is 2. The van der Waals surface area contributed by atoms with E-state index in [0.29, 0.717) is 22.4 Å². The molecule has 3 heterocycles. The second kappa shape index (κ2) is 7.50. The molecule has 0 atom stereocenters. The minimum absolute atomic E-state index is 0.0116. The molecule has 156 valence electrons. The fourth-order valence-electron chi connectivity index (χ4n) is 4.32. The molecule has 0 radical (unpaired) electrons. The molecule has 4 aromatic rings. The largest absolute Gasteiger partial charge is 0.349 e. The highest BCUT2D eigenvalue weighted by Crippen LogP contribution is 2.19. The van der Waals surface area contributed by atoms with Crippen LogP contribution in [0, 0.1) is 12.3 Å². The maximum atomic E-state index is 13.4. The average Bonchev–Trinajstić information content (AvgIpc) is 3.28. The first-order valence-electron chi connectivity index (χ1n) is 10.5. The number of amides is 1. The molecule has 0 bridgehead atoms. The van der Waals surface area contributed by atoms with Gasteiger partial charge in [-0.1, -0.05) is 37.1 Å². The number of rotatable bonds is 3. The normalized spacial score (nSPS) is 14.4. The molecule has 2 N–H and O–H groups in total. The SMILES string of the molecule is Cc1ccc2nc3c(cc(C(=O)NC4CCCC4)c(=N)n3-c3ccccc3)c(=O)n2c1. The predicted molar refractivity (Wildman–Crippen MR) is 119 cm³/mol. The summed E-state index contributed by atoms with van der Waals surface area (Å²) in [4.78, 5) is 31.2. The van der Waals surface area contributed by atoms with E-state index in [2.05, 4.69) is 5.32 Å². The summed E-state index contributed by atoms with van der Waals surface area (Å²) in [6.07, 6.45) is 5.82. The quantitative estimate of drug-likeness (QED) is 0.506. The number of hydrogen-bond acceptors (Lipinski definition) is 4. The zero-order valence-electron chi connectivity index (χ0n) is 17.3. The van der Waals surface area contributed by atoms with Crippen LogP contribution in [-0.2, 0) is 0 Å².